The zero-order valence-corrected chi connectivity index (χ0v) is 11.1. The number of nitrogens with zero attached hydrogens (tertiary/aromatic N) is 1. The molecule has 100 valence electrons. The Labute approximate surface area is 112 Å². The zero-order chi connectivity index (χ0) is 13.8. The quantitative estimate of drug-likeness (QED) is 0.884. The summed E-state index contributed by atoms with van der Waals surface area (Å²) in [5.74, 6) is 1.07. The van der Waals surface area contributed by atoms with Crippen LogP contribution >= 0.6 is 0 Å². The predicted molar refractivity (Wildman–Crippen MR) is 74.9 cm³/mol. The first-order chi connectivity index (χ1) is 9.08. The largest absolute Gasteiger partial charge is 0.491 e. The Hall–Kier alpha value is -2.07. The van der Waals surface area contributed by atoms with Gasteiger partial charge in [0.15, 0.2) is 0 Å². The van der Waals surface area contributed by atoms with E-state index in [2.05, 4.69) is 4.98 Å². The average molecular weight is 258 g/mol. The molecule has 0 spiro atoms. The number of anilines is 1. The number of ether oxygens (including phenoxy) is 1. The van der Waals surface area contributed by atoms with Crippen molar-refractivity contribution >= 4 is 5.82 Å². The number of pyridine rings is 1. The molecule has 3 N–H and O–H groups in total. The molecule has 19 heavy (non-hydrogen) atoms. The molecular formula is C15H18N2O2. The van der Waals surface area contributed by atoms with E-state index in [4.69, 9.17) is 10.5 Å². The molecule has 0 bridgehead atoms. The number of aromatic nitrogens is 1. The summed E-state index contributed by atoms with van der Waals surface area (Å²) in [6.45, 7) is 3.92. The fraction of sp³-hybridized carbons (Fsp3) is 0.267. The number of nitrogen functional groups attached to an aromatic ring is 1. The van der Waals surface area contributed by atoms with Crippen LogP contribution in [-0.2, 0) is 0 Å². The van der Waals surface area contributed by atoms with Crippen molar-refractivity contribution in [2.45, 2.75) is 26.1 Å². The zero-order valence-electron chi connectivity index (χ0n) is 11.1. The van der Waals surface area contributed by atoms with Gasteiger partial charge in [0, 0.05) is 11.8 Å². The van der Waals surface area contributed by atoms with Gasteiger partial charge >= 0.3 is 0 Å². The molecule has 0 aliphatic carbocycles. The van der Waals surface area contributed by atoms with Crippen LogP contribution in [-0.4, -0.2) is 16.2 Å². The minimum atomic E-state index is -0.801. The van der Waals surface area contributed by atoms with Crippen molar-refractivity contribution in [2.75, 3.05) is 5.73 Å². The fourth-order valence-corrected chi connectivity index (χ4v) is 1.87. The molecule has 1 aromatic heterocycles. The molecule has 0 saturated carbocycles. The van der Waals surface area contributed by atoms with Crippen molar-refractivity contribution in [3.8, 4) is 5.75 Å². The second kappa shape index (κ2) is 5.71. The molecule has 1 atom stereocenters. The van der Waals surface area contributed by atoms with Gasteiger partial charge in [-0.1, -0.05) is 18.2 Å². The molecule has 0 aliphatic heterocycles. The summed E-state index contributed by atoms with van der Waals surface area (Å²) in [5.41, 5.74) is 7.11. The number of hydrogen-bond acceptors (Lipinski definition) is 4. The molecule has 4 nitrogen and oxygen atoms in total. The highest BCUT2D eigenvalue weighted by Gasteiger charge is 2.14. The van der Waals surface area contributed by atoms with E-state index in [-0.39, 0.29) is 6.10 Å². The van der Waals surface area contributed by atoms with Gasteiger partial charge in [-0.05, 0) is 37.6 Å². The van der Waals surface area contributed by atoms with Crippen LogP contribution in [0.1, 0.15) is 31.1 Å². The topological polar surface area (TPSA) is 68.4 Å². The minimum Gasteiger partial charge on any atom is -0.491 e. The Kier molecular flexibility index (Phi) is 4.02. The molecule has 2 aromatic rings. The van der Waals surface area contributed by atoms with Crippen LogP contribution in [0.4, 0.5) is 5.82 Å². The Morgan fingerprint density at radius 1 is 1.21 bits per heavy atom. The molecule has 4 heteroatoms. The number of aliphatic hydroxyl groups is 1. The van der Waals surface area contributed by atoms with E-state index in [1.165, 1.54) is 0 Å². The van der Waals surface area contributed by atoms with Crippen molar-refractivity contribution in [3.05, 3.63) is 53.7 Å². The standard InChI is InChI=1S/C15H18N2O2/c1-10(2)19-12-6-3-5-11(9-12)14(18)13-7-4-8-17-15(13)16/h3-10,14,18H,1-2H3,(H2,16,17). The summed E-state index contributed by atoms with van der Waals surface area (Å²) in [6.07, 6.45) is 0.893. The summed E-state index contributed by atoms with van der Waals surface area (Å²) >= 11 is 0. The van der Waals surface area contributed by atoms with Crippen molar-refractivity contribution in [1.29, 1.82) is 0 Å². The van der Waals surface area contributed by atoms with Gasteiger partial charge in [0.2, 0.25) is 0 Å². The Balaban J connectivity index is 2.29. The Morgan fingerprint density at radius 2 is 2.00 bits per heavy atom. The van der Waals surface area contributed by atoms with Gasteiger partial charge in [-0.25, -0.2) is 4.98 Å². The lowest BCUT2D eigenvalue weighted by Crippen LogP contribution is -2.08. The second-order valence-corrected chi connectivity index (χ2v) is 4.62. The van der Waals surface area contributed by atoms with Crippen LogP contribution < -0.4 is 10.5 Å². The maximum Gasteiger partial charge on any atom is 0.129 e. The van der Waals surface area contributed by atoms with Crippen molar-refractivity contribution in [2.24, 2.45) is 0 Å². The van der Waals surface area contributed by atoms with E-state index in [1.54, 1.807) is 18.3 Å². The molecule has 0 aliphatic rings. The summed E-state index contributed by atoms with van der Waals surface area (Å²) in [4.78, 5) is 3.98. The molecule has 0 amide bonds. The highest BCUT2D eigenvalue weighted by atomic mass is 16.5. The maximum atomic E-state index is 10.4. The number of aliphatic hydroxyl groups excluding tert-OH is 1. The highest BCUT2D eigenvalue weighted by molar-refractivity contribution is 5.45. The van der Waals surface area contributed by atoms with Crippen molar-refractivity contribution < 1.29 is 9.84 Å². The van der Waals surface area contributed by atoms with E-state index in [0.717, 1.165) is 11.3 Å². The van der Waals surface area contributed by atoms with Crippen LogP contribution in [0.25, 0.3) is 0 Å². The van der Waals surface area contributed by atoms with E-state index in [9.17, 15) is 5.11 Å². The van der Waals surface area contributed by atoms with Gasteiger partial charge < -0.3 is 15.6 Å². The van der Waals surface area contributed by atoms with Crippen molar-refractivity contribution in [1.82, 2.24) is 4.98 Å². The number of nitrogens with two attached hydrogens (primary N) is 1. The number of rotatable bonds is 4. The summed E-state index contributed by atoms with van der Waals surface area (Å²) in [7, 11) is 0. The maximum absolute atomic E-state index is 10.4. The van der Waals surface area contributed by atoms with Gasteiger partial charge in [-0.15, -0.1) is 0 Å². The average Bonchev–Trinajstić information content (AvgIpc) is 2.38. The molecule has 2 rings (SSSR count). The fourth-order valence-electron chi connectivity index (χ4n) is 1.87. The molecule has 1 heterocycles. The first kappa shape index (κ1) is 13.4. The van der Waals surface area contributed by atoms with Gasteiger partial charge in [0.25, 0.3) is 0 Å². The van der Waals surface area contributed by atoms with Crippen LogP contribution in [0.15, 0.2) is 42.6 Å². The molecule has 0 saturated heterocycles. The summed E-state index contributed by atoms with van der Waals surface area (Å²) in [5, 5.41) is 10.4. The number of hydrogen-bond donors (Lipinski definition) is 2. The van der Waals surface area contributed by atoms with E-state index in [1.807, 2.05) is 38.1 Å². The lowest BCUT2D eigenvalue weighted by Gasteiger charge is -2.15. The van der Waals surface area contributed by atoms with E-state index in [0.29, 0.717) is 11.4 Å². The van der Waals surface area contributed by atoms with Gasteiger partial charge in [0.1, 0.15) is 17.7 Å². The second-order valence-electron chi connectivity index (χ2n) is 4.62. The smallest absolute Gasteiger partial charge is 0.129 e. The molecular weight excluding hydrogens is 240 g/mol. The third-order valence-electron chi connectivity index (χ3n) is 2.71. The third-order valence-corrected chi connectivity index (χ3v) is 2.71. The third kappa shape index (κ3) is 3.23. The molecule has 1 aromatic carbocycles. The monoisotopic (exact) mass is 258 g/mol. The van der Waals surface area contributed by atoms with Gasteiger partial charge in [-0.2, -0.15) is 0 Å². The Bertz CT molecular complexity index is 555. The van der Waals surface area contributed by atoms with Crippen LogP contribution in [0, 0.1) is 0 Å². The predicted octanol–water partition coefficient (Wildman–Crippen LogP) is 2.53. The molecule has 0 fully saturated rings. The normalized spacial score (nSPS) is 12.4. The van der Waals surface area contributed by atoms with E-state index >= 15 is 0 Å². The lowest BCUT2D eigenvalue weighted by molar-refractivity contribution is 0.217. The van der Waals surface area contributed by atoms with Crippen molar-refractivity contribution in [3.63, 3.8) is 0 Å². The SMILES string of the molecule is CC(C)Oc1cccc(C(O)c2cccnc2N)c1. The van der Waals surface area contributed by atoms with Gasteiger partial charge in [0.05, 0.1) is 6.10 Å². The highest BCUT2D eigenvalue weighted by Crippen LogP contribution is 2.27. The minimum absolute atomic E-state index is 0.0934. The summed E-state index contributed by atoms with van der Waals surface area (Å²) in [6, 6.07) is 10.9. The van der Waals surface area contributed by atoms with Gasteiger partial charge in [-0.3, -0.25) is 0 Å². The first-order valence-electron chi connectivity index (χ1n) is 6.23. The molecule has 0 radical (unpaired) electrons. The lowest BCUT2D eigenvalue weighted by atomic mass is 10.0. The molecule has 1 unspecified atom stereocenters. The summed E-state index contributed by atoms with van der Waals surface area (Å²) < 4.78 is 5.61. The van der Waals surface area contributed by atoms with Crippen LogP contribution in [0.2, 0.25) is 0 Å². The first-order valence-corrected chi connectivity index (χ1v) is 6.23. The number of benzene rings is 1. The Morgan fingerprint density at radius 3 is 2.68 bits per heavy atom. The van der Waals surface area contributed by atoms with E-state index < -0.39 is 6.10 Å². The van der Waals surface area contributed by atoms with Crippen LogP contribution in [0.5, 0.6) is 5.75 Å². The van der Waals surface area contributed by atoms with Crippen LogP contribution in [0.3, 0.4) is 0 Å².